The van der Waals surface area contributed by atoms with Gasteiger partial charge in [-0.1, -0.05) is 12.8 Å². The molecule has 0 radical (unpaired) electrons. The van der Waals surface area contributed by atoms with Crippen LogP contribution in [0.2, 0.25) is 0 Å². The third kappa shape index (κ3) is 2.44. The summed E-state index contributed by atoms with van der Waals surface area (Å²) in [4.78, 5) is 2.58. The Morgan fingerprint density at radius 1 is 1.15 bits per heavy atom. The zero-order valence-corrected chi connectivity index (χ0v) is 8.76. The van der Waals surface area contributed by atoms with Crippen molar-refractivity contribution >= 4 is 0 Å². The van der Waals surface area contributed by atoms with Gasteiger partial charge < -0.3 is 10.2 Å². The van der Waals surface area contributed by atoms with Gasteiger partial charge in [-0.2, -0.15) is 0 Å². The molecule has 2 heteroatoms. The van der Waals surface area contributed by atoms with Crippen LogP contribution in [0.4, 0.5) is 0 Å². The van der Waals surface area contributed by atoms with Crippen molar-refractivity contribution in [3.63, 3.8) is 0 Å². The number of likely N-dealkylation sites (N-methyl/N-ethyl adjacent to an activating group) is 1. The molecule has 1 saturated heterocycles. The van der Waals surface area contributed by atoms with Crippen molar-refractivity contribution in [1.29, 1.82) is 0 Å². The molecular weight excluding hydrogens is 160 g/mol. The average molecular weight is 182 g/mol. The van der Waals surface area contributed by atoms with Crippen LogP contribution >= 0.6 is 0 Å². The fourth-order valence-electron chi connectivity index (χ4n) is 2.75. The molecule has 0 aromatic carbocycles. The van der Waals surface area contributed by atoms with Crippen LogP contribution < -0.4 is 5.32 Å². The van der Waals surface area contributed by atoms with Crippen LogP contribution in [-0.2, 0) is 0 Å². The van der Waals surface area contributed by atoms with E-state index in [9.17, 15) is 0 Å². The topological polar surface area (TPSA) is 15.3 Å². The van der Waals surface area contributed by atoms with Crippen LogP contribution in [0.3, 0.4) is 0 Å². The number of nitrogens with one attached hydrogen (secondary N) is 1. The molecular formula is C11H22N2. The van der Waals surface area contributed by atoms with Crippen molar-refractivity contribution in [2.24, 2.45) is 0 Å². The van der Waals surface area contributed by atoms with E-state index >= 15 is 0 Å². The van der Waals surface area contributed by atoms with Gasteiger partial charge in [-0.05, 0) is 39.3 Å². The lowest BCUT2D eigenvalue weighted by atomic mass is 10.1. The largest absolute Gasteiger partial charge is 0.313 e. The Bertz CT molecular complexity index is 146. The van der Waals surface area contributed by atoms with Crippen molar-refractivity contribution in [2.45, 2.75) is 50.6 Å². The maximum Gasteiger partial charge on any atom is 0.0195 e. The van der Waals surface area contributed by atoms with Gasteiger partial charge in [0.2, 0.25) is 0 Å². The Labute approximate surface area is 81.7 Å². The molecule has 1 atom stereocenters. The molecule has 2 fully saturated rings. The summed E-state index contributed by atoms with van der Waals surface area (Å²) >= 11 is 0. The average Bonchev–Trinajstić information content (AvgIpc) is 2.74. The molecule has 0 amide bonds. The van der Waals surface area contributed by atoms with Crippen LogP contribution in [0.1, 0.15) is 38.5 Å². The number of nitrogens with zero attached hydrogens (tertiary/aromatic N) is 1. The van der Waals surface area contributed by atoms with Gasteiger partial charge in [0.15, 0.2) is 0 Å². The Morgan fingerprint density at radius 3 is 2.54 bits per heavy atom. The molecule has 0 aromatic rings. The quantitative estimate of drug-likeness (QED) is 0.713. The maximum absolute atomic E-state index is 3.57. The smallest absolute Gasteiger partial charge is 0.0195 e. The highest BCUT2D eigenvalue weighted by molar-refractivity contribution is 4.81. The first-order chi connectivity index (χ1) is 6.36. The molecule has 0 spiro atoms. The summed E-state index contributed by atoms with van der Waals surface area (Å²) in [5.41, 5.74) is 0. The summed E-state index contributed by atoms with van der Waals surface area (Å²) in [6, 6.07) is 1.67. The number of hydrogen-bond donors (Lipinski definition) is 1. The molecule has 0 bridgehead atoms. The second-order valence-corrected chi connectivity index (χ2v) is 4.67. The lowest BCUT2D eigenvalue weighted by Gasteiger charge is -2.26. The van der Waals surface area contributed by atoms with Gasteiger partial charge in [0, 0.05) is 18.6 Å². The molecule has 76 valence electrons. The van der Waals surface area contributed by atoms with Crippen molar-refractivity contribution in [1.82, 2.24) is 10.2 Å². The Balaban J connectivity index is 1.73. The SMILES string of the molecule is CN(CC1CCCN1)C1CCCC1. The molecule has 1 N–H and O–H groups in total. The predicted octanol–water partition coefficient (Wildman–Crippen LogP) is 1.61. The fourth-order valence-corrected chi connectivity index (χ4v) is 2.75. The zero-order valence-electron chi connectivity index (χ0n) is 8.76. The molecule has 1 aliphatic heterocycles. The summed E-state index contributed by atoms with van der Waals surface area (Å²) < 4.78 is 0. The molecule has 2 aliphatic rings. The summed E-state index contributed by atoms with van der Waals surface area (Å²) in [7, 11) is 2.30. The minimum atomic E-state index is 0.783. The van der Waals surface area contributed by atoms with E-state index in [1.807, 2.05) is 0 Å². The fraction of sp³-hybridized carbons (Fsp3) is 1.00. The van der Waals surface area contributed by atoms with E-state index in [0.29, 0.717) is 0 Å². The van der Waals surface area contributed by atoms with Gasteiger partial charge in [-0.3, -0.25) is 0 Å². The third-order valence-electron chi connectivity index (χ3n) is 3.62. The summed E-state index contributed by atoms with van der Waals surface area (Å²) in [5.74, 6) is 0. The van der Waals surface area contributed by atoms with E-state index in [0.717, 1.165) is 12.1 Å². The van der Waals surface area contributed by atoms with Crippen molar-refractivity contribution in [3.05, 3.63) is 0 Å². The normalized spacial score (nSPS) is 30.5. The predicted molar refractivity (Wildman–Crippen MR) is 55.9 cm³/mol. The minimum absolute atomic E-state index is 0.783. The second-order valence-electron chi connectivity index (χ2n) is 4.67. The molecule has 2 rings (SSSR count). The van der Waals surface area contributed by atoms with Crippen molar-refractivity contribution in [3.8, 4) is 0 Å². The van der Waals surface area contributed by atoms with Crippen molar-refractivity contribution < 1.29 is 0 Å². The van der Waals surface area contributed by atoms with Crippen LogP contribution in [0.25, 0.3) is 0 Å². The molecule has 1 unspecified atom stereocenters. The van der Waals surface area contributed by atoms with Crippen LogP contribution in [-0.4, -0.2) is 37.1 Å². The van der Waals surface area contributed by atoms with Gasteiger partial charge in [0.1, 0.15) is 0 Å². The summed E-state index contributed by atoms with van der Waals surface area (Å²) in [5, 5.41) is 3.57. The van der Waals surface area contributed by atoms with E-state index in [2.05, 4.69) is 17.3 Å². The van der Waals surface area contributed by atoms with Crippen LogP contribution in [0.15, 0.2) is 0 Å². The van der Waals surface area contributed by atoms with Gasteiger partial charge in [-0.25, -0.2) is 0 Å². The van der Waals surface area contributed by atoms with E-state index in [-0.39, 0.29) is 0 Å². The maximum atomic E-state index is 3.57. The first-order valence-corrected chi connectivity index (χ1v) is 5.80. The lowest BCUT2D eigenvalue weighted by molar-refractivity contribution is 0.225. The molecule has 1 aliphatic carbocycles. The number of hydrogen-bond acceptors (Lipinski definition) is 2. The highest BCUT2D eigenvalue weighted by Gasteiger charge is 2.23. The summed E-state index contributed by atoms with van der Waals surface area (Å²) in [6.45, 7) is 2.51. The molecule has 1 saturated carbocycles. The first-order valence-electron chi connectivity index (χ1n) is 5.80. The Morgan fingerprint density at radius 2 is 1.92 bits per heavy atom. The van der Waals surface area contributed by atoms with E-state index < -0.39 is 0 Å². The third-order valence-corrected chi connectivity index (χ3v) is 3.62. The first kappa shape index (κ1) is 9.47. The van der Waals surface area contributed by atoms with Crippen LogP contribution in [0.5, 0.6) is 0 Å². The highest BCUT2D eigenvalue weighted by atomic mass is 15.2. The van der Waals surface area contributed by atoms with Gasteiger partial charge in [0.25, 0.3) is 0 Å². The van der Waals surface area contributed by atoms with Gasteiger partial charge in [0.05, 0.1) is 0 Å². The minimum Gasteiger partial charge on any atom is -0.313 e. The van der Waals surface area contributed by atoms with Gasteiger partial charge >= 0.3 is 0 Å². The van der Waals surface area contributed by atoms with Gasteiger partial charge in [-0.15, -0.1) is 0 Å². The van der Waals surface area contributed by atoms with E-state index in [1.54, 1.807) is 0 Å². The van der Waals surface area contributed by atoms with Crippen LogP contribution in [0, 0.1) is 0 Å². The van der Waals surface area contributed by atoms with Crippen molar-refractivity contribution in [2.75, 3.05) is 20.1 Å². The van der Waals surface area contributed by atoms with E-state index in [1.165, 1.54) is 51.6 Å². The standard InChI is InChI=1S/C11H22N2/c1-13(11-6-2-3-7-11)9-10-5-4-8-12-10/h10-12H,2-9H2,1H3. The number of rotatable bonds is 3. The van der Waals surface area contributed by atoms with E-state index in [4.69, 9.17) is 0 Å². The summed E-state index contributed by atoms with van der Waals surface area (Å²) in [6.07, 6.45) is 8.53. The highest BCUT2D eigenvalue weighted by Crippen LogP contribution is 2.22. The second kappa shape index (κ2) is 4.43. The Hall–Kier alpha value is -0.0800. The monoisotopic (exact) mass is 182 g/mol. The molecule has 0 aromatic heterocycles. The molecule has 13 heavy (non-hydrogen) atoms. The zero-order chi connectivity index (χ0) is 9.10. The molecule has 2 nitrogen and oxygen atoms in total. The lowest BCUT2D eigenvalue weighted by Crippen LogP contribution is -2.39. The Kier molecular flexibility index (Phi) is 3.23. The molecule has 1 heterocycles.